The number of halogens is 1. The molecule has 4 aromatic rings. The molecule has 0 fully saturated rings. The first-order valence-electron chi connectivity index (χ1n) is 10.6. The fourth-order valence-electron chi connectivity index (χ4n) is 3.88. The van der Waals surface area contributed by atoms with E-state index in [0.29, 0.717) is 18.7 Å². The van der Waals surface area contributed by atoms with Crippen LogP contribution in [0.3, 0.4) is 0 Å². The number of amides is 1. The van der Waals surface area contributed by atoms with Crippen LogP contribution in [-0.4, -0.2) is 22.1 Å². The standard InChI is InChI=1S/C26H26BrN3O2/c1-17-14-18(2)16-22(15-17)32-13-12-30-24-7-5-4-6-23(24)29-25(30)19(3)28-26(31)20-8-10-21(27)11-9-20/h4-11,14-16,19H,12-13H2,1-3H3,(H,28,31). The molecular weight excluding hydrogens is 466 g/mol. The van der Waals surface area contributed by atoms with E-state index in [4.69, 9.17) is 9.72 Å². The highest BCUT2D eigenvalue weighted by Crippen LogP contribution is 2.22. The Hall–Kier alpha value is -3.12. The van der Waals surface area contributed by atoms with Crippen LogP contribution in [0.15, 0.2) is 71.2 Å². The van der Waals surface area contributed by atoms with Gasteiger partial charge in [0.15, 0.2) is 0 Å². The summed E-state index contributed by atoms with van der Waals surface area (Å²) in [5, 5.41) is 3.08. The van der Waals surface area contributed by atoms with E-state index < -0.39 is 0 Å². The van der Waals surface area contributed by atoms with Gasteiger partial charge in [-0.25, -0.2) is 4.98 Å². The summed E-state index contributed by atoms with van der Waals surface area (Å²) in [6, 6.07) is 21.3. The number of fused-ring (bicyclic) bond motifs is 1. The van der Waals surface area contributed by atoms with Crippen molar-refractivity contribution in [2.24, 2.45) is 0 Å². The first kappa shape index (κ1) is 22.1. The number of carbonyl (C=O) groups excluding carboxylic acids is 1. The van der Waals surface area contributed by atoms with Crippen LogP contribution in [0, 0.1) is 13.8 Å². The minimum Gasteiger partial charge on any atom is -0.492 e. The zero-order valence-corrected chi connectivity index (χ0v) is 20.0. The predicted molar refractivity (Wildman–Crippen MR) is 131 cm³/mol. The molecule has 164 valence electrons. The Morgan fingerprint density at radius 1 is 1.06 bits per heavy atom. The monoisotopic (exact) mass is 491 g/mol. The molecule has 3 aromatic carbocycles. The summed E-state index contributed by atoms with van der Waals surface area (Å²) in [6.07, 6.45) is 0. The van der Waals surface area contributed by atoms with E-state index in [0.717, 1.165) is 27.1 Å². The van der Waals surface area contributed by atoms with Crippen molar-refractivity contribution in [1.29, 1.82) is 0 Å². The van der Waals surface area contributed by atoms with Gasteiger partial charge in [-0.05, 0) is 80.4 Å². The third-order valence-electron chi connectivity index (χ3n) is 5.30. The fraction of sp³-hybridized carbons (Fsp3) is 0.231. The first-order chi connectivity index (χ1) is 15.4. The van der Waals surface area contributed by atoms with Crippen molar-refractivity contribution in [3.05, 3.63) is 93.7 Å². The van der Waals surface area contributed by atoms with E-state index in [9.17, 15) is 4.79 Å². The quantitative estimate of drug-likeness (QED) is 0.345. The van der Waals surface area contributed by atoms with E-state index in [1.165, 1.54) is 11.1 Å². The lowest BCUT2D eigenvalue weighted by molar-refractivity contribution is 0.0937. The molecule has 0 aliphatic heterocycles. The molecule has 0 spiro atoms. The van der Waals surface area contributed by atoms with Crippen molar-refractivity contribution in [2.75, 3.05) is 6.61 Å². The van der Waals surface area contributed by atoms with E-state index in [1.807, 2.05) is 55.5 Å². The second-order valence-corrected chi connectivity index (χ2v) is 8.90. The Balaban J connectivity index is 1.54. The number of hydrogen-bond donors (Lipinski definition) is 1. The fourth-order valence-corrected chi connectivity index (χ4v) is 4.14. The summed E-state index contributed by atoms with van der Waals surface area (Å²) in [7, 11) is 0. The zero-order chi connectivity index (χ0) is 22.7. The van der Waals surface area contributed by atoms with Crippen molar-refractivity contribution in [3.8, 4) is 5.75 Å². The van der Waals surface area contributed by atoms with E-state index in [-0.39, 0.29) is 11.9 Å². The van der Waals surface area contributed by atoms with Crippen LogP contribution < -0.4 is 10.1 Å². The number of para-hydroxylation sites is 2. The smallest absolute Gasteiger partial charge is 0.251 e. The first-order valence-corrected chi connectivity index (χ1v) is 11.4. The number of rotatable bonds is 7. The maximum atomic E-state index is 12.7. The largest absolute Gasteiger partial charge is 0.492 e. The molecule has 1 unspecified atom stereocenters. The molecule has 1 heterocycles. The summed E-state index contributed by atoms with van der Waals surface area (Å²) in [4.78, 5) is 17.6. The molecule has 32 heavy (non-hydrogen) atoms. The molecule has 1 N–H and O–H groups in total. The lowest BCUT2D eigenvalue weighted by Gasteiger charge is -2.17. The number of aryl methyl sites for hydroxylation is 2. The summed E-state index contributed by atoms with van der Waals surface area (Å²) >= 11 is 3.40. The number of nitrogens with zero attached hydrogens (tertiary/aromatic N) is 2. The number of imidazole rings is 1. The molecule has 6 heteroatoms. The van der Waals surface area contributed by atoms with Gasteiger partial charge in [0, 0.05) is 10.0 Å². The number of ether oxygens (including phenoxy) is 1. The van der Waals surface area contributed by atoms with Crippen molar-refractivity contribution in [3.63, 3.8) is 0 Å². The second-order valence-electron chi connectivity index (χ2n) is 7.98. The molecule has 1 amide bonds. The van der Waals surface area contributed by atoms with E-state index >= 15 is 0 Å². The van der Waals surface area contributed by atoms with Gasteiger partial charge in [0.1, 0.15) is 18.2 Å². The van der Waals surface area contributed by atoms with Gasteiger partial charge in [0.2, 0.25) is 0 Å². The van der Waals surface area contributed by atoms with Crippen molar-refractivity contribution >= 4 is 32.9 Å². The third kappa shape index (κ3) is 5.02. The van der Waals surface area contributed by atoms with Crippen LogP contribution in [0.5, 0.6) is 5.75 Å². The van der Waals surface area contributed by atoms with Crippen LogP contribution in [0.25, 0.3) is 11.0 Å². The van der Waals surface area contributed by atoms with Gasteiger partial charge in [-0.2, -0.15) is 0 Å². The number of carbonyl (C=O) groups is 1. The number of aromatic nitrogens is 2. The van der Waals surface area contributed by atoms with Gasteiger partial charge < -0.3 is 14.6 Å². The molecule has 1 atom stereocenters. The van der Waals surface area contributed by atoms with E-state index in [2.05, 4.69) is 45.7 Å². The zero-order valence-electron chi connectivity index (χ0n) is 18.4. The number of hydrogen-bond acceptors (Lipinski definition) is 3. The molecule has 0 bridgehead atoms. The number of benzene rings is 3. The minimum atomic E-state index is -0.264. The van der Waals surface area contributed by atoms with Gasteiger partial charge >= 0.3 is 0 Å². The normalized spacial score (nSPS) is 12.0. The molecule has 4 rings (SSSR count). The van der Waals surface area contributed by atoms with Crippen molar-refractivity contribution in [2.45, 2.75) is 33.4 Å². The van der Waals surface area contributed by atoms with Gasteiger partial charge in [-0.15, -0.1) is 0 Å². The lowest BCUT2D eigenvalue weighted by atomic mass is 10.1. The Labute approximate surface area is 196 Å². The third-order valence-corrected chi connectivity index (χ3v) is 5.83. The molecule has 0 radical (unpaired) electrons. The molecule has 1 aromatic heterocycles. The van der Waals surface area contributed by atoms with Gasteiger partial charge in [0.25, 0.3) is 5.91 Å². The van der Waals surface area contributed by atoms with Gasteiger partial charge in [0.05, 0.1) is 23.6 Å². The maximum Gasteiger partial charge on any atom is 0.251 e. The molecular formula is C26H26BrN3O2. The average molecular weight is 492 g/mol. The minimum absolute atomic E-state index is 0.130. The Morgan fingerprint density at radius 2 is 1.75 bits per heavy atom. The van der Waals surface area contributed by atoms with Crippen molar-refractivity contribution in [1.82, 2.24) is 14.9 Å². The highest BCUT2D eigenvalue weighted by atomic mass is 79.9. The van der Waals surface area contributed by atoms with Gasteiger partial charge in [-0.1, -0.05) is 34.1 Å². The maximum absolute atomic E-state index is 12.7. The van der Waals surface area contributed by atoms with Crippen LogP contribution in [0.2, 0.25) is 0 Å². The highest BCUT2D eigenvalue weighted by molar-refractivity contribution is 9.10. The summed E-state index contributed by atoms with van der Waals surface area (Å²) in [6.45, 7) is 7.22. The Bertz CT molecular complexity index is 1230. The number of nitrogens with one attached hydrogen (secondary N) is 1. The van der Waals surface area contributed by atoms with Crippen molar-refractivity contribution < 1.29 is 9.53 Å². The molecule has 5 nitrogen and oxygen atoms in total. The molecule has 0 aliphatic rings. The summed E-state index contributed by atoms with van der Waals surface area (Å²) in [5.74, 6) is 1.54. The second kappa shape index (κ2) is 9.57. The SMILES string of the molecule is Cc1cc(C)cc(OCCn2c(C(C)NC(=O)c3ccc(Br)cc3)nc3ccccc32)c1. The molecule has 0 saturated heterocycles. The van der Waals surface area contributed by atoms with Gasteiger partial charge in [-0.3, -0.25) is 4.79 Å². The van der Waals surface area contributed by atoms with Crippen LogP contribution in [-0.2, 0) is 6.54 Å². The Kier molecular flexibility index (Phi) is 6.61. The van der Waals surface area contributed by atoms with Crippen LogP contribution in [0.1, 0.15) is 40.3 Å². The molecule has 0 saturated carbocycles. The van der Waals surface area contributed by atoms with Crippen LogP contribution in [0.4, 0.5) is 0 Å². The lowest BCUT2D eigenvalue weighted by Crippen LogP contribution is -2.29. The van der Waals surface area contributed by atoms with E-state index in [1.54, 1.807) is 12.1 Å². The average Bonchev–Trinajstić information content (AvgIpc) is 3.12. The summed E-state index contributed by atoms with van der Waals surface area (Å²) in [5.41, 5.74) is 4.90. The Morgan fingerprint density at radius 3 is 2.47 bits per heavy atom. The van der Waals surface area contributed by atoms with Crippen LogP contribution >= 0.6 is 15.9 Å². The topological polar surface area (TPSA) is 56.1 Å². The highest BCUT2D eigenvalue weighted by Gasteiger charge is 2.19. The predicted octanol–water partition coefficient (Wildman–Crippen LogP) is 5.99. The molecule has 0 aliphatic carbocycles. The summed E-state index contributed by atoms with van der Waals surface area (Å²) < 4.78 is 9.11.